The van der Waals surface area contributed by atoms with E-state index in [1.807, 2.05) is 19.0 Å². The number of ether oxygens (including phenoxy) is 1. The third-order valence-corrected chi connectivity index (χ3v) is 4.59. The molecule has 3 heterocycles. The maximum Gasteiger partial charge on any atom is 0.332 e. The number of hydrogen-bond donors (Lipinski definition) is 5. The van der Waals surface area contributed by atoms with Gasteiger partial charge >= 0.3 is 5.69 Å². The highest BCUT2D eigenvalue weighted by Crippen LogP contribution is 2.30. The average Bonchev–Trinajstić information content (AvgIpc) is 3.02. The Balaban J connectivity index is 2.14. The fourth-order valence-electron chi connectivity index (χ4n) is 3.27. The van der Waals surface area contributed by atoms with E-state index >= 15 is 0 Å². The second-order valence-electron chi connectivity index (χ2n) is 6.81. The third-order valence-electron chi connectivity index (χ3n) is 4.59. The molecule has 4 atom stereocenters. The number of nitrogens with zero attached hydrogens (tertiary/aromatic N) is 4. The first-order chi connectivity index (χ1) is 12.8. The van der Waals surface area contributed by atoms with E-state index in [2.05, 4.69) is 9.97 Å². The zero-order chi connectivity index (χ0) is 19.9. The van der Waals surface area contributed by atoms with Gasteiger partial charge in [-0.1, -0.05) is 0 Å². The molecule has 0 amide bonds. The number of H-pyrrole nitrogens is 1. The summed E-state index contributed by atoms with van der Waals surface area (Å²) in [7, 11) is 3.78. The summed E-state index contributed by atoms with van der Waals surface area (Å²) < 4.78 is 7.69. The lowest BCUT2D eigenvalue weighted by atomic mass is 10.1. The van der Waals surface area contributed by atoms with Gasteiger partial charge in [-0.3, -0.25) is 14.3 Å². The van der Waals surface area contributed by atoms with Crippen LogP contribution in [-0.4, -0.2) is 84.9 Å². The highest BCUT2D eigenvalue weighted by Gasteiger charge is 2.45. The molecule has 0 spiro atoms. The number of nitrogens with two attached hydrogens (primary N) is 1. The van der Waals surface area contributed by atoms with Gasteiger partial charge in [-0.25, -0.2) is 9.36 Å². The largest absolute Gasteiger partial charge is 0.394 e. The number of fused-ring (bicyclic) bond motifs is 1. The fourth-order valence-corrected chi connectivity index (χ4v) is 3.27. The Morgan fingerprint density at radius 1 is 1.30 bits per heavy atom. The van der Waals surface area contributed by atoms with Crippen LogP contribution in [0.15, 0.2) is 9.59 Å². The molecular weight excluding hydrogens is 360 g/mol. The van der Waals surface area contributed by atoms with Crippen LogP contribution in [0, 0.1) is 0 Å². The number of nitrogens with one attached hydrogen (secondary N) is 1. The van der Waals surface area contributed by atoms with Gasteiger partial charge in [0.15, 0.2) is 17.4 Å². The number of aliphatic hydroxyl groups is 3. The number of imidazole rings is 1. The maximum absolute atomic E-state index is 13.0. The van der Waals surface area contributed by atoms with Crippen molar-refractivity contribution in [3.8, 4) is 0 Å². The highest BCUT2D eigenvalue weighted by atomic mass is 16.6. The van der Waals surface area contributed by atoms with Crippen molar-refractivity contribution in [1.82, 2.24) is 24.0 Å². The van der Waals surface area contributed by atoms with Gasteiger partial charge in [-0.05, 0) is 27.1 Å². The van der Waals surface area contributed by atoms with Gasteiger partial charge in [0.05, 0.1) is 6.61 Å². The van der Waals surface area contributed by atoms with Gasteiger partial charge in [0.2, 0.25) is 5.95 Å². The molecule has 1 saturated heterocycles. The minimum Gasteiger partial charge on any atom is -0.394 e. The van der Waals surface area contributed by atoms with Crippen LogP contribution in [0.25, 0.3) is 11.2 Å². The van der Waals surface area contributed by atoms with Crippen molar-refractivity contribution in [3.63, 3.8) is 0 Å². The molecule has 12 nitrogen and oxygen atoms in total. The third kappa shape index (κ3) is 3.37. The quantitative estimate of drug-likeness (QED) is 0.349. The van der Waals surface area contributed by atoms with Crippen LogP contribution < -0.4 is 17.0 Å². The first kappa shape index (κ1) is 19.5. The van der Waals surface area contributed by atoms with Crippen molar-refractivity contribution in [3.05, 3.63) is 20.8 Å². The van der Waals surface area contributed by atoms with Crippen LogP contribution in [0.2, 0.25) is 0 Å². The first-order valence-corrected chi connectivity index (χ1v) is 8.54. The summed E-state index contributed by atoms with van der Waals surface area (Å²) in [4.78, 5) is 33.8. The van der Waals surface area contributed by atoms with Crippen molar-refractivity contribution in [2.45, 2.75) is 37.5 Å². The molecule has 2 aromatic rings. The predicted molar refractivity (Wildman–Crippen MR) is 95.2 cm³/mol. The molecule has 0 bridgehead atoms. The van der Waals surface area contributed by atoms with E-state index in [4.69, 9.17) is 10.5 Å². The lowest BCUT2D eigenvalue weighted by Gasteiger charge is -2.15. The molecule has 27 heavy (non-hydrogen) atoms. The Morgan fingerprint density at radius 2 is 2.00 bits per heavy atom. The number of hydrogen-bond acceptors (Lipinski definition) is 9. The van der Waals surface area contributed by atoms with Gasteiger partial charge in [-0.15, -0.1) is 0 Å². The van der Waals surface area contributed by atoms with E-state index in [0.717, 1.165) is 4.57 Å². The number of aromatic amines is 1. The topological polar surface area (TPSA) is 172 Å². The zero-order valence-corrected chi connectivity index (χ0v) is 15.1. The first-order valence-electron chi connectivity index (χ1n) is 8.54. The van der Waals surface area contributed by atoms with Crippen molar-refractivity contribution in [2.75, 3.05) is 33.0 Å². The molecule has 1 aliphatic heterocycles. The molecule has 1 aliphatic rings. The van der Waals surface area contributed by atoms with Crippen LogP contribution >= 0.6 is 0 Å². The molecule has 0 unspecified atom stereocenters. The molecule has 2 aromatic heterocycles. The molecule has 0 aromatic carbocycles. The van der Waals surface area contributed by atoms with Gasteiger partial charge in [0.25, 0.3) is 5.56 Å². The summed E-state index contributed by atoms with van der Waals surface area (Å²) >= 11 is 0. The van der Waals surface area contributed by atoms with Crippen molar-refractivity contribution >= 4 is 17.1 Å². The molecular formula is C15H24N6O6. The number of rotatable bonds is 6. The summed E-state index contributed by atoms with van der Waals surface area (Å²) in [5.41, 5.74) is 4.35. The normalized spacial score (nSPS) is 25.7. The Labute approximate surface area is 153 Å². The highest BCUT2D eigenvalue weighted by molar-refractivity contribution is 5.71. The molecule has 0 radical (unpaired) electrons. The van der Waals surface area contributed by atoms with Gasteiger partial charge in [0, 0.05) is 6.54 Å². The predicted octanol–water partition coefficient (Wildman–Crippen LogP) is -2.97. The van der Waals surface area contributed by atoms with E-state index in [1.165, 1.54) is 4.57 Å². The van der Waals surface area contributed by atoms with Crippen LogP contribution in [-0.2, 0) is 11.3 Å². The average molecular weight is 384 g/mol. The van der Waals surface area contributed by atoms with Crippen LogP contribution in [0.5, 0.6) is 0 Å². The SMILES string of the molecule is CN(C)CCCn1c(=O)n([C@@H]2O[C@H](CO)[C@@H](O)[C@H]2O)c2nc(N)[nH]c(=O)c21. The molecule has 0 aliphatic carbocycles. The van der Waals surface area contributed by atoms with Crippen LogP contribution in [0.4, 0.5) is 5.95 Å². The molecule has 12 heteroatoms. The molecule has 1 fully saturated rings. The van der Waals surface area contributed by atoms with Crippen molar-refractivity contribution < 1.29 is 20.1 Å². The van der Waals surface area contributed by atoms with Crippen LogP contribution in [0.1, 0.15) is 12.6 Å². The standard InChI is InChI=1S/C15H24N6O6/c1-19(2)4-3-5-20-8-11(17-14(16)18-12(8)25)21(15(20)26)13-10(24)9(23)7(6-22)27-13/h7,9-10,13,22-24H,3-6H2,1-2H3,(H3,16,17,18,25)/t7-,9-,10-,13-/m1/s1. The Morgan fingerprint density at radius 3 is 2.59 bits per heavy atom. The summed E-state index contributed by atoms with van der Waals surface area (Å²) in [5, 5.41) is 29.6. The number of nitrogen functional groups attached to an aromatic ring is 1. The minimum atomic E-state index is -1.48. The lowest BCUT2D eigenvalue weighted by Crippen LogP contribution is -2.36. The van der Waals surface area contributed by atoms with Gasteiger partial charge < -0.3 is 30.7 Å². The Bertz CT molecular complexity index is 933. The van der Waals surface area contributed by atoms with Gasteiger partial charge in [-0.2, -0.15) is 4.98 Å². The second kappa shape index (κ2) is 7.40. The van der Waals surface area contributed by atoms with E-state index in [0.29, 0.717) is 13.0 Å². The summed E-state index contributed by atoms with van der Waals surface area (Å²) in [6.07, 6.45) is -4.66. The van der Waals surface area contributed by atoms with E-state index in [-0.39, 0.29) is 23.7 Å². The zero-order valence-electron chi connectivity index (χ0n) is 15.1. The van der Waals surface area contributed by atoms with E-state index in [1.54, 1.807) is 0 Å². The van der Waals surface area contributed by atoms with Crippen molar-refractivity contribution in [2.24, 2.45) is 0 Å². The van der Waals surface area contributed by atoms with Crippen LogP contribution in [0.3, 0.4) is 0 Å². The number of aliphatic hydroxyl groups excluding tert-OH is 3. The van der Waals surface area contributed by atoms with E-state index in [9.17, 15) is 24.9 Å². The van der Waals surface area contributed by atoms with Crippen molar-refractivity contribution in [1.29, 1.82) is 0 Å². The monoisotopic (exact) mass is 384 g/mol. The number of anilines is 1. The molecule has 150 valence electrons. The summed E-state index contributed by atoms with van der Waals surface area (Å²) in [6.45, 7) is 0.387. The Kier molecular flexibility index (Phi) is 5.35. The smallest absolute Gasteiger partial charge is 0.332 e. The summed E-state index contributed by atoms with van der Waals surface area (Å²) in [6, 6.07) is 0. The van der Waals surface area contributed by atoms with Gasteiger partial charge in [0.1, 0.15) is 18.3 Å². The Hall–Kier alpha value is -2.25. The maximum atomic E-state index is 13.0. The molecule has 6 N–H and O–H groups in total. The lowest BCUT2D eigenvalue weighted by molar-refractivity contribution is -0.0528. The fraction of sp³-hybridized carbons (Fsp3) is 0.667. The van der Waals surface area contributed by atoms with E-state index < -0.39 is 42.4 Å². The minimum absolute atomic E-state index is 0.00527. The molecule has 3 rings (SSSR count). The molecule has 0 saturated carbocycles. The number of aryl methyl sites for hydroxylation is 1. The summed E-state index contributed by atoms with van der Waals surface area (Å²) in [5.74, 6) is -0.196. The number of aromatic nitrogens is 4. The second-order valence-corrected chi connectivity index (χ2v) is 6.81.